The first-order valence-corrected chi connectivity index (χ1v) is 11.9. The molecule has 1 aliphatic heterocycles. The maximum Gasteiger partial charge on any atom is 0.244 e. The molecule has 34 heavy (non-hydrogen) atoms. The predicted octanol–water partition coefficient (Wildman–Crippen LogP) is 3.24. The molecule has 0 aliphatic carbocycles. The third kappa shape index (κ3) is 6.11. The molecule has 1 saturated heterocycles. The summed E-state index contributed by atoms with van der Waals surface area (Å²) in [6, 6.07) is 8.90. The van der Waals surface area contributed by atoms with Crippen LogP contribution in [0.25, 0.3) is 0 Å². The summed E-state index contributed by atoms with van der Waals surface area (Å²) in [7, 11) is 0. The van der Waals surface area contributed by atoms with E-state index in [1.165, 1.54) is 6.07 Å². The van der Waals surface area contributed by atoms with Crippen LogP contribution in [0.2, 0.25) is 5.02 Å². The van der Waals surface area contributed by atoms with Gasteiger partial charge in [0.1, 0.15) is 17.7 Å². The highest BCUT2D eigenvalue weighted by Gasteiger charge is 2.36. The van der Waals surface area contributed by atoms with Gasteiger partial charge in [-0.15, -0.1) is 0 Å². The molecule has 0 spiro atoms. The van der Waals surface area contributed by atoms with Crippen molar-refractivity contribution in [3.63, 3.8) is 0 Å². The summed E-state index contributed by atoms with van der Waals surface area (Å²) in [4.78, 5) is 31.4. The first kappa shape index (κ1) is 26.1. The Morgan fingerprint density at radius 3 is 2.21 bits per heavy atom. The van der Waals surface area contributed by atoms with E-state index in [0.29, 0.717) is 50.7 Å². The molecule has 3 rings (SSSR count). The summed E-state index contributed by atoms with van der Waals surface area (Å²) in [5.74, 6) is -1.86. The number of halogens is 3. The van der Waals surface area contributed by atoms with Crippen molar-refractivity contribution in [2.45, 2.75) is 32.4 Å². The Balaban J connectivity index is 1.71. The summed E-state index contributed by atoms with van der Waals surface area (Å²) in [5.41, 5.74) is 7.23. The minimum absolute atomic E-state index is 0.137. The van der Waals surface area contributed by atoms with E-state index in [2.05, 4.69) is 0 Å². The molecule has 0 saturated carbocycles. The van der Waals surface area contributed by atoms with Crippen LogP contribution in [0.5, 0.6) is 0 Å². The van der Waals surface area contributed by atoms with E-state index in [9.17, 15) is 18.4 Å². The van der Waals surface area contributed by atoms with Crippen molar-refractivity contribution in [1.82, 2.24) is 14.7 Å². The highest BCUT2D eigenvalue weighted by atomic mass is 35.5. The fraction of sp³-hybridized carbons (Fsp3) is 0.440. The zero-order chi connectivity index (χ0) is 24.8. The van der Waals surface area contributed by atoms with Gasteiger partial charge in [-0.3, -0.25) is 14.5 Å². The monoisotopic (exact) mass is 492 g/mol. The zero-order valence-corrected chi connectivity index (χ0v) is 20.3. The zero-order valence-electron chi connectivity index (χ0n) is 19.5. The minimum Gasteiger partial charge on any atom is -0.342 e. The molecule has 2 atom stereocenters. The second kappa shape index (κ2) is 11.7. The molecule has 6 nitrogen and oxygen atoms in total. The number of hydrogen-bond donors (Lipinski definition) is 1. The third-order valence-corrected chi connectivity index (χ3v) is 6.50. The highest BCUT2D eigenvalue weighted by molar-refractivity contribution is 6.30. The van der Waals surface area contributed by atoms with Crippen molar-refractivity contribution in [1.29, 1.82) is 0 Å². The van der Waals surface area contributed by atoms with Gasteiger partial charge in [0.15, 0.2) is 0 Å². The van der Waals surface area contributed by atoms with E-state index in [4.69, 9.17) is 17.3 Å². The summed E-state index contributed by atoms with van der Waals surface area (Å²) in [5, 5.41) is 0.617. The maximum absolute atomic E-state index is 14.7. The molecule has 1 aliphatic rings. The van der Waals surface area contributed by atoms with Gasteiger partial charge in [0.2, 0.25) is 11.8 Å². The normalized spacial score (nSPS) is 16.2. The van der Waals surface area contributed by atoms with Crippen molar-refractivity contribution in [2.24, 2.45) is 5.73 Å². The Hall–Kier alpha value is -2.55. The maximum atomic E-state index is 14.7. The Morgan fingerprint density at radius 1 is 1.03 bits per heavy atom. The lowest BCUT2D eigenvalue weighted by Gasteiger charge is -2.40. The molecule has 9 heteroatoms. The van der Waals surface area contributed by atoms with Gasteiger partial charge in [-0.1, -0.05) is 29.8 Å². The van der Waals surface area contributed by atoms with Crippen LogP contribution in [-0.4, -0.2) is 71.8 Å². The number of carbonyl (C=O) groups excluding carboxylic acids is 2. The molecule has 2 amide bonds. The van der Waals surface area contributed by atoms with E-state index in [1.54, 1.807) is 21.9 Å². The molecule has 2 aromatic carbocycles. The standard InChI is InChI=1S/C25H31ClF2N4O2/c1-3-30(4-2)25(34)23(20-10-9-19(27)16-21(20)28)31-11-13-32(14-12-31)24(33)22(29)15-17-5-7-18(26)8-6-17/h5-10,16,22-23H,3-4,11-15,29H2,1-2H3/t22-,23?/m1/s1. The number of carbonyl (C=O) groups is 2. The van der Waals surface area contributed by atoms with Crippen LogP contribution >= 0.6 is 11.6 Å². The number of likely N-dealkylation sites (N-methyl/N-ethyl adjacent to an activating group) is 1. The molecular formula is C25H31ClF2N4O2. The second-order valence-electron chi connectivity index (χ2n) is 8.38. The van der Waals surface area contributed by atoms with Gasteiger partial charge >= 0.3 is 0 Å². The van der Waals surface area contributed by atoms with E-state index >= 15 is 0 Å². The van der Waals surface area contributed by atoms with Gasteiger partial charge < -0.3 is 15.5 Å². The molecule has 1 unspecified atom stereocenters. The molecular weight excluding hydrogens is 462 g/mol. The largest absolute Gasteiger partial charge is 0.342 e. The van der Waals surface area contributed by atoms with Crippen LogP contribution in [0, 0.1) is 11.6 Å². The smallest absolute Gasteiger partial charge is 0.244 e. The van der Waals surface area contributed by atoms with Gasteiger partial charge in [-0.05, 0) is 44.0 Å². The van der Waals surface area contributed by atoms with Crippen molar-refractivity contribution in [3.8, 4) is 0 Å². The average molecular weight is 493 g/mol. The lowest BCUT2D eigenvalue weighted by molar-refractivity contribution is -0.140. The number of piperazine rings is 1. The van der Waals surface area contributed by atoms with Crippen molar-refractivity contribution in [2.75, 3.05) is 39.3 Å². The van der Waals surface area contributed by atoms with Crippen LogP contribution < -0.4 is 5.73 Å². The van der Waals surface area contributed by atoms with Crippen LogP contribution in [0.3, 0.4) is 0 Å². The van der Waals surface area contributed by atoms with Crippen LogP contribution in [0.1, 0.15) is 31.0 Å². The molecule has 0 radical (unpaired) electrons. The lowest BCUT2D eigenvalue weighted by atomic mass is 10.0. The Labute approximate surface area is 204 Å². The van der Waals surface area contributed by atoms with Gasteiger partial charge in [0, 0.05) is 55.9 Å². The first-order valence-electron chi connectivity index (χ1n) is 11.5. The summed E-state index contributed by atoms with van der Waals surface area (Å²) in [6.45, 7) is 6.13. The van der Waals surface area contributed by atoms with Gasteiger partial charge in [0.05, 0.1) is 6.04 Å². The summed E-state index contributed by atoms with van der Waals surface area (Å²) >= 11 is 5.91. The summed E-state index contributed by atoms with van der Waals surface area (Å²) in [6.07, 6.45) is 0.389. The molecule has 0 aromatic heterocycles. The third-order valence-electron chi connectivity index (χ3n) is 6.24. The molecule has 2 aromatic rings. The minimum atomic E-state index is -0.888. The van der Waals surface area contributed by atoms with E-state index in [-0.39, 0.29) is 17.4 Å². The SMILES string of the molecule is CCN(CC)C(=O)C(c1ccc(F)cc1F)N1CCN(C(=O)[C@H](N)Cc2ccc(Cl)cc2)CC1. The topological polar surface area (TPSA) is 69.9 Å². The van der Waals surface area contributed by atoms with E-state index < -0.39 is 23.7 Å². The number of benzene rings is 2. The van der Waals surface area contributed by atoms with Gasteiger partial charge in [0.25, 0.3) is 0 Å². The Bertz CT molecular complexity index is 993. The van der Waals surface area contributed by atoms with Crippen molar-refractivity contribution < 1.29 is 18.4 Å². The van der Waals surface area contributed by atoms with Crippen LogP contribution in [0.15, 0.2) is 42.5 Å². The first-order chi connectivity index (χ1) is 16.2. The molecule has 1 fully saturated rings. The number of hydrogen-bond acceptors (Lipinski definition) is 4. The van der Waals surface area contributed by atoms with Crippen LogP contribution in [-0.2, 0) is 16.0 Å². The fourth-order valence-electron chi connectivity index (χ4n) is 4.31. The number of rotatable bonds is 8. The predicted molar refractivity (Wildman–Crippen MR) is 128 cm³/mol. The lowest BCUT2D eigenvalue weighted by Crippen LogP contribution is -2.56. The number of nitrogens with zero attached hydrogens (tertiary/aromatic N) is 3. The van der Waals surface area contributed by atoms with Crippen molar-refractivity contribution >= 4 is 23.4 Å². The average Bonchev–Trinajstić information content (AvgIpc) is 2.83. The van der Waals surface area contributed by atoms with Crippen LogP contribution in [0.4, 0.5) is 8.78 Å². The highest BCUT2D eigenvalue weighted by Crippen LogP contribution is 2.28. The Kier molecular flexibility index (Phi) is 8.99. The van der Waals surface area contributed by atoms with Crippen molar-refractivity contribution in [3.05, 3.63) is 70.2 Å². The summed E-state index contributed by atoms with van der Waals surface area (Å²) < 4.78 is 28.2. The fourth-order valence-corrected chi connectivity index (χ4v) is 4.44. The van der Waals surface area contributed by atoms with Gasteiger partial charge in [-0.2, -0.15) is 0 Å². The van der Waals surface area contributed by atoms with Gasteiger partial charge in [-0.25, -0.2) is 8.78 Å². The molecule has 2 N–H and O–H groups in total. The number of nitrogens with two attached hydrogens (primary N) is 1. The molecule has 184 valence electrons. The van der Waals surface area contributed by atoms with E-state index in [0.717, 1.165) is 17.7 Å². The molecule has 1 heterocycles. The second-order valence-corrected chi connectivity index (χ2v) is 8.81. The quantitative estimate of drug-likeness (QED) is 0.614. The van der Waals surface area contributed by atoms with E-state index in [1.807, 2.05) is 30.9 Å². The molecule has 0 bridgehead atoms. The Morgan fingerprint density at radius 2 is 1.65 bits per heavy atom. The number of amides is 2.